The molecule has 0 bridgehead atoms. The zero-order chi connectivity index (χ0) is 4.99. The van der Waals surface area contributed by atoms with Crippen LogP contribution in [0.3, 0.4) is 0 Å². The molecule has 0 aromatic heterocycles. The summed E-state index contributed by atoms with van der Waals surface area (Å²) in [4.78, 5) is 10.1. The lowest BCUT2D eigenvalue weighted by Crippen LogP contribution is -1.85. The number of hydrogen-bond donors (Lipinski definition) is 0. The predicted octanol–water partition coefficient (Wildman–Crippen LogP) is -0.251. The molecule has 0 aromatic rings. The van der Waals surface area contributed by atoms with Crippen LogP contribution in [0.25, 0.3) is 0 Å². The van der Waals surface area contributed by atoms with Gasteiger partial charge in [0.1, 0.15) is 5.78 Å². The van der Waals surface area contributed by atoms with Crippen LogP contribution < -0.4 is 0 Å². The van der Waals surface area contributed by atoms with Gasteiger partial charge in [-0.1, -0.05) is 6.04 Å². The first-order valence-electron chi connectivity index (χ1n) is 2.26. The smallest absolute Gasteiger partial charge is 0.129 e. The van der Waals surface area contributed by atoms with Crippen molar-refractivity contribution >= 4 is 16.0 Å². The van der Waals surface area contributed by atoms with Gasteiger partial charge in [-0.25, -0.2) is 0 Å². The fourth-order valence-corrected chi connectivity index (χ4v) is 1.06. The number of Topliss-reactive ketones (excluding diaryl/α,β-unsaturated/α-hetero) is 1. The van der Waals surface area contributed by atoms with Crippen molar-refractivity contribution < 1.29 is 4.79 Å². The highest BCUT2D eigenvalue weighted by Gasteiger charge is 1.83. The number of hydrogen-bond acceptors (Lipinski definition) is 1. The third-order valence-corrected chi connectivity index (χ3v) is 1.10. The summed E-state index contributed by atoms with van der Waals surface area (Å²) in [5.41, 5.74) is 0. The fraction of sp³-hybridized carbons (Fsp3) is 0.750. The Morgan fingerprint density at radius 2 is 2.33 bits per heavy atom. The molecule has 0 N–H and O–H groups in total. The van der Waals surface area contributed by atoms with Crippen molar-refractivity contribution in [2.45, 2.75) is 19.4 Å². The molecule has 1 nitrogen and oxygen atoms in total. The molecule has 0 aliphatic rings. The van der Waals surface area contributed by atoms with Crippen molar-refractivity contribution in [3.63, 3.8) is 0 Å². The maximum atomic E-state index is 10.1. The second kappa shape index (κ2) is 3.09. The van der Waals surface area contributed by atoms with Crippen LogP contribution in [0.1, 0.15) is 13.3 Å². The maximum absolute atomic E-state index is 10.1. The second-order valence-electron chi connectivity index (χ2n) is 1.45. The Morgan fingerprint density at radius 1 is 1.83 bits per heavy atom. The molecule has 0 aliphatic carbocycles. The standard InChI is InChI=1S/C4H10OSi/c1-4(5)2-3-6/h2-3H2,1,6H3. The summed E-state index contributed by atoms with van der Waals surface area (Å²) in [7, 11) is 1.17. The van der Waals surface area contributed by atoms with E-state index in [1.165, 1.54) is 10.2 Å². The van der Waals surface area contributed by atoms with Gasteiger partial charge in [0.05, 0.1) is 0 Å². The van der Waals surface area contributed by atoms with Crippen LogP contribution >= 0.6 is 0 Å². The summed E-state index contributed by atoms with van der Waals surface area (Å²) in [6, 6.07) is 1.12. The van der Waals surface area contributed by atoms with E-state index in [0.29, 0.717) is 5.78 Å². The molecule has 6 heavy (non-hydrogen) atoms. The van der Waals surface area contributed by atoms with Crippen molar-refractivity contribution in [1.82, 2.24) is 0 Å². The van der Waals surface area contributed by atoms with Gasteiger partial charge in [-0.2, -0.15) is 0 Å². The highest BCUT2D eigenvalue weighted by molar-refractivity contribution is 6.09. The second-order valence-corrected chi connectivity index (χ2v) is 2.45. The molecular weight excluding hydrogens is 92.1 g/mol. The van der Waals surface area contributed by atoms with Gasteiger partial charge < -0.3 is 4.79 Å². The Morgan fingerprint density at radius 3 is 2.33 bits per heavy atom. The maximum Gasteiger partial charge on any atom is 0.129 e. The van der Waals surface area contributed by atoms with Crippen LogP contribution in [0.15, 0.2) is 0 Å². The molecule has 0 rings (SSSR count). The highest BCUT2D eigenvalue weighted by Crippen LogP contribution is 1.82. The fourth-order valence-electron chi connectivity index (χ4n) is 0.352. The van der Waals surface area contributed by atoms with Crippen LogP contribution in [-0.4, -0.2) is 16.0 Å². The molecule has 0 heterocycles. The van der Waals surface area contributed by atoms with Gasteiger partial charge in [0.15, 0.2) is 0 Å². The number of rotatable bonds is 2. The Balaban J connectivity index is 2.83. The van der Waals surface area contributed by atoms with Gasteiger partial charge in [0.25, 0.3) is 0 Å². The molecule has 0 spiro atoms. The Bertz CT molecular complexity index is 51.5. The Hall–Kier alpha value is -0.113. The van der Waals surface area contributed by atoms with Gasteiger partial charge in [-0.15, -0.1) is 0 Å². The summed E-state index contributed by atoms with van der Waals surface area (Å²) in [5, 5.41) is 0. The number of ketones is 1. The first-order chi connectivity index (χ1) is 2.77. The zero-order valence-electron chi connectivity index (χ0n) is 4.32. The van der Waals surface area contributed by atoms with Gasteiger partial charge in [0, 0.05) is 16.7 Å². The molecule has 0 saturated heterocycles. The lowest BCUT2D eigenvalue weighted by atomic mass is 10.4. The van der Waals surface area contributed by atoms with E-state index in [1.807, 2.05) is 0 Å². The molecule has 0 radical (unpaired) electrons. The molecule has 0 atom stereocenters. The average Bonchev–Trinajstić information content (AvgIpc) is 1.35. The van der Waals surface area contributed by atoms with Gasteiger partial charge in [0.2, 0.25) is 0 Å². The number of carbonyl (C=O) groups is 1. The first kappa shape index (κ1) is 5.89. The Labute approximate surface area is 41.2 Å². The number of carbonyl (C=O) groups excluding carboxylic acids is 1. The normalized spacial score (nSPS) is 8.83. The average molecular weight is 102 g/mol. The van der Waals surface area contributed by atoms with E-state index < -0.39 is 0 Å². The van der Waals surface area contributed by atoms with Gasteiger partial charge >= 0.3 is 0 Å². The molecule has 0 aromatic carbocycles. The predicted molar refractivity (Wildman–Crippen MR) is 30.0 cm³/mol. The monoisotopic (exact) mass is 102 g/mol. The minimum absolute atomic E-state index is 0.324. The summed E-state index contributed by atoms with van der Waals surface area (Å²) in [6.07, 6.45) is 0.798. The molecule has 36 valence electrons. The minimum atomic E-state index is 0.324. The van der Waals surface area contributed by atoms with E-state index in [9.17, 15) is 4.79 Å². The van der Waals surface area contributed by atoms with Crippen molar-refractivity contribution in [3.8, 4) is 0 Å². The van der Waals surface area contributed by atoms with Crippen molar-refractivity contribution in [1.29, 1.82) is 0 Å². The van der Waals surface area contributed by atoms with E-state index in [0.717, 1.165) is 12.5 Å². The van der Waals surface area contributed by atoms with E-state index in [4.69, 9.17) is 0 Å². The summed E-state index contributed by atoms with van der Waals surface area (Å²) < 4.78 is 0. The van der Waals surface area contributed by atoms with Gasteiger partial charge in [-0.3, -0.25) is 0 Å². The van der Waals surface area contributed by atoms with Crippen molar-refractivity contribution in [2.24, 2.45) is 0 Å². The summed E-state index contributed by atoms with van der Waals surface area (Å²) in [6.45, 7) is 1.64. The van der Waals surface area contributed by atoms with E-state index in [1.54, 1.807) is 6.92 Å². The molecule has 0 amide bonds. The lowest BCUT2D eigenvalue weighted by Gasteiger charge is -1.80. The van der Waals surface area contributed by atoms with E-state index >= 15 is 0 Å². The summed E-state index contributed by atoms with van der Waals surface area (Å²) in [5.74, 6) is 0.324. The molecule has 0 saturated carbocycles. The third-order valence-electron chi connectivity index (χ3n) is 0.602. The molecule has 2 heteroatoms. The Kier molecular flexibility index (Phi) is 3.03. The third kappa shape index (κ3) is 3.89. The van der Waals surface area contributed by atoms with Crippen LogP contribution in [0.5, 0.6) is 0 Å². The van der Waals surface area contributed by atoms with E-state index in [2.05, 4.69) is 0 Å². The molecule has 0 fully saturated rings. The molecule has 0 aliphatic heterocycles. The van der Waals surface area contributed by atoms with Crippen LogP contribution in [0.4, 0.5) is 0 Å². The van der Waals surface area contributed by atoms with Crippen LogP contribution in [0.2, 0.25) is 6.04 Å². The van der Waals surface area contributed by atoms with E-state index in [-0.39, 0.29) is 0 Å². The van der Waals surface area contributed by atoms with Gasteiger partial charge in [-0.05, 0) is 6.92 Å². The topological polar surface area (TPSA) is 17.1 Å². The largest absolute Gasteiger partial charge is 0.300 e. The minimum Gasteiger partial charge on any atom is -0.300 e. The highest BCUT2D eigenvalue weighted by atomic mass is 28.1. The lowest BCUT2D eigenvalue weighted by molar-refractivity contribution is -0.116. The van der Waals surface area contributed by atoms with Crippen molar-refractivity contribution in [2.75, 3.05) is 0 Å². The molecule has 0 unspecified atom stereocenters. The molecular formula is C4H10OSi. The van der Waals surface area contributed by atoms with Crippen LogP contribution in [0, 0.1) is 0 Å². The van der Waals surface area contributed by atoms with Crippen LogP contribution in [-0.2, 0) is 4.79 Å². The van der Waals surface area contributed by atoms with Crippen molar-refractivity contribution in [3.05, 3.63) is 0 Å². The zero-order valence-corrected chi connectivity index (χ0v) is 6.32. The summed E-state index contributed by atoms with van der Waals surface area (Å²) >= 11 is 0. The quantitative estimate of drug-likeness (QED) is 0.439. The SMILES string of the molecule is CC(=O)CC[SiH3]. The first-order valence-corrected chi connectivity index (χ1v) is 3.68.